The van der Waals surface area contributed by atoms with E-state index in [1.165, 1.54) is 0 Å². The van der Waals surface area contributed by atoms with Crippen molar-refractivity contribution in [1.82, 2.24) is 19.9 Å². The Kier molecular flexibility index (Phi) is 5.29. The first-order chi connectivity index (χ1) is 13.2. The second kappa shape index (κ2) is 7.84. The van der Waals surface area contributed by atoms with Gasteiger partial charge >= 0.3 is 0 Å². The lowest BCUT2D eigenvalue weighted by Gasteiger charge is -2.47. The summed E-state index contributed by atoms with van der Waals surface area (Å²) in [7, 11) is 0. The zero-order valence-electron chi connectivity index (χ0n) is 15.7. The molecule has 0 aliphatic carbocycles. The van der Waals surface area contributed by atoms with Gasteiger partial charge in [-0.25, -0.2) is 9.97 Å². The number of anilines is 1. The van der Waals surface area contributed by atoms with Crippen LogP contribution in [0.1, 0.15) is 31.2 Å². The molecule has 0 atom stereocenters. The van der Waals surface area contributed by atoms with Crippen molar-refractivity contribution in [3.8, 4) is 0 Å². The number of carbonyl (C=O) groups is 1. The number of thioether (sulfide) groups is 1. The molecular formula is C20H25N5OS. The highest BCUT2D eigenvalue weighted by Gasteiger charge is 2.41. The van der Waals surface area contributed by atoms with Crippen molar-refractivity contribution in [1.29, 1.82) is 0 Å². The number of amides is 1. The molecule has 0 unspecified atom stereocenters. The van der Waals surface area contributed by atoms with Crippen molar-refractivity contribution in [2.75, 3.05) is 30.8 Å². The molecule has 2 aliphatic rings. The van der Waals surface area contributed by atoms with Crippen LogP contribution < -0.4 is 4.90 Å². The number of hydrogen-bond donors (Lipinski definition) is 0. The molecule has 0 N–H and O–H groups in total. The zero-order chi connectivity index (χ0) is 18.7. The van der Waals surface area contributed by atoms with E-state index in [4.69, 9.17) is 0 Å². The van der Waals surface area contributed by atoms with Crippen LogP contribution in [-0.2, 0) is 11.3 Å². The molecule has 1 spiro atoms. The van der Waals surface area contributed by atoms with E-state index in [0.717, 1.165) is 55.4 Å². The molecule has 0 bridgehead atoms. The second-order valence-corrected chi connectivity index (χ2v) is 8.27. The maximum Gasteiger partial charge on any atom is 0.222 e. The number of aromatic nitrogens is 3. The highest BCUT2D eigenvalue weighted by Crippen LogP contribution is 2.41. The van der Waals surface area contributed by atoms with Gasteiger partial charge in [0.2, 0.25) is 5.91 Å². The summed E-state index contributed by atoms with van der Waals surface area (Å²) in [5, 5.41) is 0.819. The lowest BCUT2D eigenvalue weighted by atomic mass is 9.72. The van der Waals surface area contributed by atoms with Gasteiger partial charge in [0.1, 0.15) is 5.82 Å². The average Bonchev–Trinajstić information content (AvgIpc) is 2.72. The lowest BCUT2D eigenvalue weighted by Crippen LogP contribution is -2.51. The van der Waals surface area contributed by atoms with Gasteiger partial charge in [-0.2, -0.15) is 0 Å². The molecule has 1 amide bonds. The number of pyridine rings is 1. The van der Waals surface area contributed by atoms with Crippen molar-refractivity contribution in [3.63, 3.8) is 0 Å². The van der Waals surface area contributed by atoms with Crippen LogP contribution in [-0.4, -0.2) is 51.6 Å². The van der Waals surface area contributed by atoms with E-state index in [9.17, 15) is 4.79 Å². The van der Waals surface area contributed by atoms with Crippen molar-refractivity contribution in [2.24, 2.45) is 5.41 Å². The van der Waals surface area contributed by atoms with Crippen LogP contribution in [0.2, 0.25) is 0 Å². The molecule has 4 rings (SSSR count). The summed E-state index contributed by atoms with van der Waals surface area (Å²) < 4.78 is 0. The quantitative estimate of drug-likeness (QED) is 0.597. The molecule has 2 aliphatic heterocycles. The van der Waals surface area contributed by atoms with Crippen molar-refractivity contribution >= 4 is 23.5 Å². The Morgan fingerprint density at radius 3 is 2.63 bits per heavy atom. The predicted octanol–water partition coefficient (Wildman–Crippen LogP) is 3.00. The molecule has 2 saturated heterocycles. The molecule has 27 heavy (non-hydrogen) atoms. The van der Waals surface area contributed by atoms with E-state index in [2.05, 4.69) is 19.9 Å². The minimum Gasteiger partial charge on any atom is -0.356 e. The molecular weight excluding hydrogens is 358 g/mol. The van der Waals surface area contributed by atoms with Crippen molar-refractivity contribution < 1.29 is 4.79 Å². The minimum absolute atomic E-state index is 0.243. The molecule has 0 radical (unpaired) electrons. The Hall–Kier alpha value is -2.15. The predicted molar refractivity (Wildman–Crippen MR) is 107 cm³/mol. The summed E-state index contributed by atoms with van der Waals surface area (Å²) in [6, 6.07) is 5.99. The minimum atomic E-state index is 0.243. The monoisotopic (exact) mass is 383 g/mol. The first-order valence-corrected chi connectivity index (χ1v) is 10.7. The maximum atomic E-state index is 12.5. The van der Waals surface area contributed by atoms with Gasteiger partial charge in [-0.3, -0.25) is 9.78 Å². The van der Waals surface area contributed by atoms with Gasteiger partial charge < -0.3 is 9.80 Å². The van der Waals surface area contributed by atoms with Crippen molar-refractivity contribution in [3.05, 3.63) is 42.4 Å². The summed E-state index contributed by atoms with van der Waals surface area (Å²) in [4.78, 5) is 29.8. The lowest BCUT2D eigenvalue weighted by molar-refractivity contribution is -0.139. The smallest absolute Gasteiger partial charge is 0.222 e. The molecule has 4 heterocycles. The Labute approximate surface area is 164 Å². The average molecular weight is 384 g/mol. The number of rotatable bonds is 4. The highest BCUT2D eigenvalue weighted by atomic mass is 32.2. The maximum absolute atomic E-state index is 12.5. The highest BCUT2D eigenvalue weighted by molar-refractivity contribution is 7.98. The summed E-state index contributed by atoms with van der Waals surface area (Å²) in [5.74, 6) is 1.30. The molecule has 2 aromatic heterocycles. The van der Waals surface area contributed by atoms with Crippen LogP contribution in [0.5, 0.6) is 0 Å². The normalized spacial score (nSPS) is 19.5. The second-order valence-electron chi connectivity index (χ2n) is 7.49. The first-order valence-electron chi connectivity index (χ1n) is 9.46. The Bertz CT molecular complexity index is 792. The topological polar surface area (TPSA) is 62.2 Å². The van der Waals surface area contributed by atoms with E-state index in [1.807, 2.05) is 35.6 Å². The van der Waals surface area contributed by atoms with E-state index in [0.29, 0.717) is 13.0 Å². The number of nitrogens with zero attached hydrogens (tertiary/aromatic N) is 5. The molecule has 142 valence electrons. The van der Waals surface area contributed by atoms with Crippen LogP contribution in [0.25, 0.3) is 0 Å². The van der Waals surface area contributed by atoms with E-state index >= 15 is 0 Å². The van der Waals surface area contributed by atoms with Crippen LogP contribution in [0.4, 0.5) is 5.82 Å². The molecule has 0 saturated carbocycles. The van der Waals surface area contributed by atoms with Crippen LogP contribution in [0.3, 0.4) is 0 Å². The first kappa shape index (κ1) is 18.2. The summed E-state index contributed by atoms with van der Waals surface area (Å²) >= 11 is 1.57. The van der Waals surface area contributed by atoms with Crippen LogP contribution in [0, 0.1) is 5.41 Å². The molecule has 2 fully saturated rings. The van der Waals surface area contributed by atoms with Gasteiger partial charge in [0.15, 0.2) is 5.16 Å². The van der Waals surface area contributed by atoms with Gasteiger partial charge in [-0.05, 0) is 54.7 Å². The van der Waals surface area contributed by atoms with E-state index < -0.39 is 0 Å². The van der Waals surface area contributed by atoms with Gasteiger partial charge in [-0.15, -0.1) is 0 Å². The SMILES string of the molecule is CSc1nccc(N2CCC3(CCC(=O)N(Cc4ccncc4)C3)CC2)n1. The van der Waals surface area contributed by atoms with E-state index in [-0.39, 0.29) is 11.3 Å². The Balaban J connectivity index is 1.41. The number of likely N-dealkylation sites (tertiary alicyclic amines) is 1. The number of piperidine rings is 2. The third kappa shape index (κ3) is 4.08. The summed E-state index contributed by atoms with van der Waals surface area (Å²) in [6.45, 7) is 3.53. The molecule has 7 heteroatoms. The van der Waals surface area contributed by atoms with Crippen LogP contribution in [0.15, 0.2) is 41.9 Å². The molecule has 2 aromatic rings. The van der Waals surface area contributed by atoms with Gasteiger partial charge in [0.05, 0.1) is 0 Å². The fourth-order valence-corrected chi connectivity index (χ4v) is 4.53. The van der Waals surface area contributed by atoms with Gasteiger partial charge in [0.25, 0.3) is 0 Å². The largest absolute Gasteiger partial charge is 0.356 e. The van der Waals surface area contributed by atoms with Gasteiger partial charge in [0, 0.05) is 51.2 Å². The van der Waals surface area contributed by atoms with Crippen molar-refractivity contribution in [2.45, 2.75) is 37.4 Å². The Morgan fingerprint density at radius 1 is 1.11 bits per heavy atom. The molecule has 0 aromatic carbocycles. The standard InChI is InChI=1S/C20H25N5OS/c1-27-19-22-11-5-17(23-19)24-12-7-20(8-13-24)6-2-18(26)25(15-20)14-16-3-9-21-10-4-16/h3-5,9-11H,2,6-8,12-15H2,1H3. The van der Waals surface area contributed by atoms with E-state index in [1.54, 1.807) is 24.2 Å². The van der Waals surface area contributed by atoms with Gasteiger partial charge in [-0.1, -0.05) is 11.8 Å². The fraction of sp³-hybridized carbons (Fsp3) is 0.500. The fourth-order valence-electron chi connectivity index (χ4n) is 4.18. The zero-order valence-corrected chi connectivity index (χ0v) is 16.5. The Morgan fingerprint density at radius 2 is 1.89 bits per heavy atom. The third-order valence-electron chi connectivity index (χ3n) is 5.82. The summed E-state index contributed by atoms with van der Waals surface area (Å²) in [6.07, 6.45) is 11.3. The number of hydrogen-bond acceptors (Lipinski definition) is 6. The summed E-state index contributed by atoms with van der Waals surface area (Å²) in [5.41, 5.74) is 1.39. The number of carbonyl (C=O) groups excluding carboxylic acids is 1. The molecule has 6 nitrogen and oxygen atoms in total. The van der Waals surface area contributed by atoms with Crippen LogP contribution >= 0.6 is 11.8 Å². The third-order valence-corrected chi connectivity index (χ3v) is 6.38.